The van der Waals surface area contributed by atoms with Crippen molar-refractivity contribution in [3.05, 3.63) is 71.5 Å². The fourth-order valence-corrected chi connectivity index (χ4v) is 3.32. The predicted octanol–water partition coefficient (Wildman–Crippen LogP) is 2.83. The van der Waals surface area contributed by atoms with Gasteiger partial charge in [-0.15, -0.1) is 6.42 Å². The smallest absolute Gasteiger partial charge is 0.145 e. The van der Waals surface area contributed by atoms with Crippen molar-refractivity contribution in [3.63, 3.8) is 0 Å². The number of rotatable bonds is 10. The fraction of sp³-hybridized carbons (Fsp3) is 0.348. The largest absolute Gasteiger partial charge is 0.390 e. The van der Waals surface area contributed by atoms with Gasteiger partial charge >= 0.3 is 0 Å². The van der Waals surface area contributed by atoms with E-state index in [0.717, 1.165) is 16.8 Å². The number of benzene rings is 2. The zero-order chi connectivity index (χ0) is 20.5. The Morgan fingerprint density at radius 3 is 2.86 bits per heavy atom. The summed E-state index contributed by atoms with van der Waals surface area (Å²) in [6, 6.07) is 16.3. The van der Waals surface area contributed by atoms with Crippen LogP contribution in [0.25, 0.3) is 0 Å². The molecule has 3 rings (SSSR count). The number of aliphatic hydroxyl groups excluding tert-OH is 1. The van der Waals surface area contributed by atoms with Crippen LogP contribution in [0.2, 0.25) is 0 Å². The normalized spacial score (nSPS) is 16.9. The lowest BCUT2D eigenvalue weighted by Crippen LogP contribution is -2.39. The molecule has 2 atom stereocenters. The van der Waals surface area contributed by atoms with Crippen molar-refractivity contribution in [1.82, 2.24) is 4.90 Å². The summed E-state index contributed by atoms with van der Waals surface area (Å²) in [6.07, 6.45) is 4.99. The molecule has 2 aromatic rings. The minimum atomic E-state index is -0.715. The van der Waals surface area contributed by atoms with Gasteiger partial charge in [-0.05, 0) is 23.3 Å². The first-order chi connectivity index (χ1) is 14.1. The van der Waals surface area contributed by atoms with E-state index in [1.165, 1.54) is 12.1 Å². The van der Waals surface area contributed by atoms with Crippen LogP contribution in [0.5, 0.6) is 0 Å². The molecule has 1 N–H and O–H groups in total. The van der Waals surface area contributed by atoms with Crippen LogP contribution in [0.1, 0.15) is 17.5 Å². The second-order valence-electron chi connectivity index (χ2n) is 7.03. The summed E-state index contributed by atoms with van der Waals surface area (Å²) in [6.45, 7) is 1.66. The Kier molecular flexibility index (Phi) is 7.77. The Labute approximate surface area is 170 Å². The lowest BCUT2D eigenvalue weighted by atomic mass is 10.0. The second kappa shape index (κ2) is 10.7. The first kappa shape index (κ1) is 21.0. The molecule has 0 spiro atoms. The minimum Gasteiger partial charge on any atom is -0.390 e. The molecule has 5 nitrogen and oxygen atoms in total. The van der Waals surface area contributed by atoms with Crippen molar-refractivity contribution in [3.8, 4) is 12.3 Å². The molecule has 1 aliphatic rings. The van der Waals surface area contributed by atoms with Crippen molar-refractivity contribution >= 4 is 5.71 Å². The van der Waals surface area contributed by atoms with Crippen molar-refractivity contribution in [2.45, 2.75) is 25.2 Å². The monoisotopic (exact) mass is 396 g/mol. The average Bonchev–Trinajstić information content (AvgIpc) is 3.17. The van der Waals surface area contributed by atoms with Gasteiger partial charge in [0.25, 0.3) is 0 Å². The third-order valence-corrected chi connectivity index (χ3v) is 4.56. The van der Waals surface area contributed by atoms with Gasteiger partial charge in [-0.1, -0.05) is 53.5 Å². The van der Waals surface area contributed by atoms with Crippen molar-refractivity contribution in [2.75, 3.05) is 26.3 Å². The van der Waals surface area contributed by atoms with E-state index in [-0.39, 0.29) is 25.1 Å². The van der Waals surface area contributed by atoms with Gasteiger partial charge in [0.1, 0.15) is 18.5 Å². The van der Waals surface area contributed by atoms with Crippen LogP contribution in [0, 0.1) is 18.2 Å². The summed E-state index contributed by atoms with van der Waals surface area (Å²) >= 11 is 0. The highest BCUT2D eigenvalue weighted by atomic mass is 19.1. The molecule has 0 saturated heterocycles. The van der Waals surface area contributed by atoms with E-state index >= 15 is 0 Å². The van der Waals surface area contributed by atoms with Gasteiger partial charge in [-0.25, -0.2) is 4.39 Å². The predicted molar refractivity (Wildman–Crippen MR) is 110 cm³/mol. The zero-order valence-electron chi connectivity index (χ0n) is 16.2. The molecular formula is C23H25FN2O3. The third-order valence-electron chi connectivity index (χ3n) is 4.56. The maximum atomic E-state index is 13.6. The highest BCUT2D eigenvalue weighted by Gasteiger charge is 2.25. The van der Waals surface area contributed by atoms with Crippen LogP contribution >= 0.6 is 0 Å². The number of nitrogens with zero attached hydrogens (tertiary/aromatic N) is 2. The average molecular weight is 396 g/mol. The molecule has 0 unspecified atom stereocenters. The van der Waals surface area contributed by atoms with Gasteiger partial charge in [0.15, 0.2) is 0 Å². The van der Waals surface area contributed by atoms with E-state index < -0.39 is 6.10 Å². The molecule has 6 heteroatoms. The third kappa shape index (κ3) is 6.68. The molecule has 0 amide bonds. The Balaban J connectivity index is 1.61. The lowest BCUT2D eigenvalue weighted by molar-refractivity contribution is 0.00417. The fourth-order valence-electron chi connectivity index (χ4n) is 3.32. The number of hydrogen-bond acceptors (Lipinski definition) is 5. The molecule has 29 heavy (non-hydrogen) atoms. The van der Waals surface area contributed by atoms with E-state index in [0.29, 0.717) is 26.1 Å². The number of ether oxygens (including phenoxy) is 1. The Bertz CT molecular complexity index is 851. The maximum absolute atomic E-state index is 13.6. The van der Waals surface area contributed by atoms with E-state index in [9.17, 15) is 9.50 Å². The summed E-state index contributed by atoms with van der Waals surface area (Å²) < 4.78 is 18.8. The molecule has 1 aliphatic heterocycles. The molecule has 152 valence electrons. The van der Waals surface area contributed by atoms with E-state index in [1.807, 2.05) is 41.3 Å². The Hall–Kier alpha value is -2.72. The zero-order valence-corrected chi connectivity index (χ0v) is 16.2. The van der Waals surface area contributed by atoms with Crippen molar-refractivity contribution in [1.29, 1.82) is 0 Å². The van der Waals surface area contributed by atoms with Gasteiger partial charge in [0, 0.05) is 26.1 Å². The lowest BCUT2D eigenvalue weighted by Gasteiger charge is -2.27. The molecule has 0 bridgehead atoms. The van der Waals surface area contributed by atoms with Crippen LogP contribution in [0.15, 0.2) is 59.8 Å². The SMILES string of the molecule is C#CCOC[C@@H](O)CN(Cc1cccc(F)c1)C[C@H]1CC(c2ccccc2)=NO1. The number of oxime groups is 1. The van der Waals surface area contributed by atoms with Crippen LogP contribution in [-0.2, 0) is 16.1 Å². The van der Waals surface area contributed by atoms with Crippen LogP contribution < -0.4 is 0 Å². The number of halogens is 1. The standard InChI is InChI=1S/C23H25FN2O3/c1-2-11-28-17-21(27)15-26(14-18-7-6-10-20(24)12-18)16-22-13-23(25-29-22)19-8-4-3-5-9-19/h1,3-10,12,21-22,27H,11,13-17H2/t21-,22+/m0/s1. The van der Waals surface area contributed by atoms with Crippen molar-refractivity contribution in [2.24, 2.45) is 5.16 Å². The van der Waals surface area contributed by atoms with Gasteiger partial charge in [-0.2, -0.15) is 0 Å². The quantitative estimate of drug-likeness (QED) is 0.496. The molecule has 1 heterocycles. The van der Waals surface area contributed by atoms with Crippen LogP contribution in [0.4, 0.5) is 4.39 Å². The molecule has 0 saturated carbocycles. The van der Waals surface area contributed by atoms with Gasteiger partial charge in [0.05, 0.1) is 18.4 Å². The molecule has 0 radical (unpaired) electrons. The summed E-state index contributed by atoms with van der Waals surface area (Å²) in [5.74, 6) is 2.09. The van der Waals surface area contributed by atoms with Gasteiger partial charge < -0.3 is 14.7 Å². The first-order valence-corrected chi connectivity index (χ1v) is 9.58. The summed E-state index contributed by atoms with van der Waals surface area (Å²) in [5.41, 5.74) is 2.76. The van der Waals surface area contributed by atoms with E-state index in [2.05, 4.69) is 11.1 Å². The van der Waals surface area contributed by atoms with Crippen LogP contribution in [0.3, 0.4) is 0 Å². The second-order valence-corrected chi connectivity index (χ2v) is 7.03. The molecule has 0 aromatic heterocycles. The van der Waals surface area contributed by atoms with Gasteiger partial charge in [0.2, 0.25) is 0 Å². The molecule has 2 aromatic carbocycles. The minimum absolute atomic E-state index is 0.140. The summed E-state index contributed by atoms with van der Waals surface area (Å²) in [5, 5.41) is 14.5. The molecule has 0 fully saturated rings. The van der Waals surface area contributed by atoms with Gasteiger partial charge in [-0.3, -0.25) is 4.90 Å². The molecule has 0 aliphatic carbocycles. The summed E-state index contributed by atoms with van der Waals surface area (Å²) in [4.78, 5) is 7.65. The highest BCUT2D eigenvalue weighted by molar-refractivity contribution is 6.01. The van der Waals surface area contributed by atoms with Crippen LogP contribution in [-0.4, -0.2) is 54.2 Å². The van der Waals surface area contributed by atoms with E-state index in [4.69, 9.17) is 16.0 Å². The number of terminal acetylenes is 1. The maximum Gasteiger partial charge on any atom is 0.145 e. The Morgan fingerprint density at radius 1 is 1.28 bits per heavy atom. The first-order valence-electron chi connectivity index (χ1n) is 9.58. The summed E-state index contributed by atoms with van der Waals surface area (Å²) in [7, 11) is 0. The number of hydrogen-bond donors (Lipinski definition) is 1. The van der Waals surface area contributed by atoms with E-state index in [1.54, 1.807) is 6.07 Å². The topological polar surface area (TPSA) is 54.3 Å². The highest BCUT2D eigenvalue weighted by Crippen LogP contribution is 2.19. The number of aliphatic hydroxyl groups is 1. The Morgan fingerprint density at radius 2 is 2.10 bits per heavy atom. The molecular weight excluding hydrogens is 371 g/mol. The van der Waals surface area contributed by atoms with Crippen molar-refractivity contribution < 1.29 is 19.1 Å².